The molecule has 7 heteroatoms. The average Bonchev–Trinajstić information content (AvgIpc) is 2.70. The summed E-state index contributed by atoms with van der Waals surface area (Å²) in [5.74, 6) is -0.387. The molecule has 6 nitrogen and oxygen atoms in total. The SMILES string of the molecule is CCCC(=O)Nc1ccc2c(-c3ccccc3F)c(N)n(CCOC)c(=O)c2c1. The fraction of sp³-hybridized carbons (Fsp3) is 0.273. The number of ether oxygens (including phenoxy) is 1. The second kappa shape index (κ2) is 8.87. The van der Waals surface area contributed by atoms with E-state index in [1.54, 1.807) is 36.4 Å². The number of hydrogen-bond acceptors (Lipinski definition) is 4. The highest BCUT2D eigenvalue weighted by Gasteiger charge is 2.19. The number of amides is 1. The maximum atomic E-state index is 14.6. The van der Waals surface area contributed by atoms with Crippen molar-refractivity contribution < 1.29 is 13.9 Å². The Kier molecular flexibility index (Phi) is 6.29. The number of nitrogen functional groups attached to an aromatic ring is 1. The predicted molar refractivity (Wildman–Crippen MR) is 113 cm³/mol. The van der Waals surface area contributed by atoms with Crippen molar-refractivity contribution in [1.29, 1.82) is 0 Å². The molecule has 0 bridgehead atoms. The molecule has 1 amide bonds. The third-order valence-electron chi connectivity index (χ3n) is 4.73. The van der Waals surface area contributed by atoms with Gasteiger partial charge in [0.05, 0.1) is 13.2 Å². The lowest BCUT2D eigenvalue weighted by Gasteiger charge is -2.18. The number of benzene rings is 2. The Bertz CT molecular complexity index is 1110. The Morgan fingerprint density at radius 2 is 1.97 bits per heavy atom. The summed E-state index contributed by atoms with van der Waals surface area (Å²) in [6.07, 6.45) is 1.11. The molecule has 0 aliphatic rings. The molecule has 0 aliphatic heterocycles. The summed E-state index contributed by atoms with van der Waals surface area (Å²) in [6, 6.07) is 11.3. The van der Waals surface area contributed by atoms with Gasteiger partial charge in [0.15, 0.2) is 0 Å². The van der Waals surface area contributed by atoms with Gasteiger partial charge in [-0.05, 0) is 30.0 Å². The highest BCUT2D eigenvalue weighted by molar-refractivity contribution is 6.03. The fourth-order valence-electron chi connectivity index (χ4n) is 3.35. The Hall–Kier alpha value is -3.19. The highest BCUT2D eigenvalue weighted by Crippen LogP contribution is 2.35. The Labute approximate surface area is 168 Å². The average molecular weight is 397 g/mol. The van der Waals surface area contributed by atoms with Crippen LogP contribution in [0, 0.1) is 5.82 Å². The first-order chi connectivity index (χ1) is 14.0. The van der Waals surface area contributed by atoms with Gasteiger partial charge >= 0.3 is 0 Å². The van der Waals surface area contributed by atoms with Gasteiger partial charge in [-0.25, -0.2) is 4.39 Å². The zero-order valence-corrected chi connectivity index (χ0v) is 16.5. The van der Waals surface area contributed by atoms with Crippen LogP contribution in [-0.2, 0) is 16.1 Å². The molecule has 29 heavy (non-hydrogen) atoms. The topological polar surface area (TPSA) is 86.3 Å². The van der Waals surface area contributed by atoms with Crippen molar-refractivity contribution in [2.45, 2.75) is 26.3 Å². The summed E-state index contributed by atoms with van der Waals surface area (Å²) in [6.45, 7) is 2.42. The van der Waals surface area contributed by atoms with Crippen molar-refractivity contribution in [3.63, 3.8) is 0 Å². The molecule has 0 atom stereocenters. The first-order valence-corrected chi connectivity index (χ1v) is 9.47. The maximum absolute atomic E-state index is 14.6. The number of nitrogens with zero attached hydrogens (tertiary/aromatic N) is 1. The number of nitrogens with one attached hydrogen (secondary N) is 1. The molecule has 0 saturated heterocycles. The molecule has 0 saturated carbocycles. The van der Waals surface area contributed by atoms with Gasteiger partial charge in [-0.1, -0.05) is 31.2 Å². The molecule has 0 spiro atoms. The van der Waals surface area contributed by atoms with Crippen molar-refractivity contribution >= 4 is 28.2 Å². The Morgan fingerprint density at radius 1 is 1.21 bits per heavy atom. The number of fused-ring (bicyclic) bond motifs is 1. The molecule has 152 valence electrons. The molecule has 3 aromatic rings. The van der Waals surface area contributed by atoms with Gasteiger partial charge in [0, 0.05) is 35.7 Å². The van der Waals surface area contributed by atoms with Crippen LogP contribution in [0.25, 0.3) is 21.9 Å². The van der Waals surface area contributed by atoms with Crippen molar-refractivity contribution in [2.75, 3.05) is 24.8 Å². The van der Waals surface area contributed by atoms with E-state index in [4.69, 9.17) is 10.5 Å². The second-order valence-corrected chi connectivity index (χ2v) is 6.75. The minimum absolute atomic E-state index is 0.128. The van der Waals surface area contributed by atoms with Gasteiger partial charge in [-0.3, -0.25) is 14.2 Å². The molecule has 3 rings (SSSR count). The van der Waals surface area contributed by atoms with Crippen LogP contribution >= 0.6 is 0 Å². The molecule has 1 aromatic heterocycles. The number of aromatic nitrogens is 1. The number of halogens is 1. The summed E-state index contributed by atoms with van der Waals surface area (Å²) >= 11 is 0. The van der Waals surface area contributed by atoms with Gasteiger partial charge in [0.1, 0.15) is 11.6 Å². The van der Waals surface area contributed by atoms with E-state index in [9.17, 15) is 14.0 Å². The Balaban J connectivity index is 2.27. The minimum Gasteiger partial charge on any atom is -0.384 e. The van der Waals surface area contributed by atoms with E-state index in [0.29, 0.717) is 34.0 Å². The molecule has 0 fully saturated rings. The van der Waals surface area contributed by atoms with Crippen LogP contribution in [-0.4, -0.2) is 24.2 Å². The Morgan fingerprint density at radius 3 is 2.66 bits per heavy atom. The zero-order valence-electron chi connectivity index (χ0n) is 16.5. The smallest absolute Gasteiger partial charge is 0.260 e. The van der Waals surface area contributed by atoms with Crippen LogP contribution in [0.2, 0.25) is 0 Å². The van der Waals surface area contributed by atoms with Gasteiger partial charge < -0.3 is 15.8 Å². The largest absolute Gasteiger partial charge is 0.384 e. The molecule has 0 unspecified atom stereocenters. The zero-order chi connectivity index (χ0) is 21.0. The number of carbonyl (C=O) groups excluding carboxylic acids is 1. The molecule has 0 radical (unpaired) electrons. The quantitative estimate of drug-likeness (QED) is 0.635. The number of nitrogens with two attached hydrogens (primary N) is 1. The van der Waals surface area contributed by atoms with Crippen LogP contribution in [0.4, 0.5) is 15.9 Å². The normalized spacial score (nSPS) is 11.0. The van der Waals surface area contributed by atoms with Crippen molar-refractivity contribution in [1.82, 2.24) is 4.57 Å². The molecular formula is C22H24FN3O3. The lowest BCUT2D eigenvalue weighted by atomic mass is 9.98. The van der Waals surface area contributed by atoms with E-state index in [1.165, 1.54) is 17.7 Å². The molecule has 0 aliphatic carbocycles. The number of hydrogen-bond donors (Lipinski definition) is 2. The fourth-order valence-corrected chi connectivity index (χ4v) is 3.35. The monoisotopic (exact) mass is 397 g/mol. The predicted octanol–water partition coefficient (Wildman–Crippen LogP) is 3.77. The summed E-state index contributed by atoms with van der Waals surface area (Å²) < 4.78 is 21.1. The van der Waals surface area contributed by atoms with Crippen LogP contribution in [0.15, 0.2) is 47.3 Å². The lowest BCUT2D eigenvalue weighted by Crippen LogP contribution is -2.26. The number of rotatable bonds is 7. The first kappa shape index (κ1) is 20.5. The van der Waals surface area contributed by atoms with E-state index in [1.807, 2.05) is 6.92 Å². The van der Waals surface area contributed by atoms with Crippen molar-refractivity contribution in [3.8, 4) is 11.1 Å². The second-order valence-electron chi connectivity index (χ2n) is 6.75. The standard InChI is InChI=1S/C22H24FN3O3/c1-3-6-19(27)25-14-9-10-15-17(13-14)22(28)26(11-12-29-2)21(24)20(15)16-7-4-5-8-18(16)23/h4-5,7-10,13H,3,6,11-12,24H2,1-2H3,(H,25,27). The summed E-state index contributed by atoms with van der Waals surface area (Å²) in [7, 11) is 1.53. The third-order valence-corrected chi connectivity index (χ3v) is 4.73. The van der Waals surface area contributed by atoms with Crippen molar-refractivity contribution in [2.24, 2.45) is 0 Å². The molecule has 3 N–H and O–H groups in total. The van der Waals surface area contributed by atoms with Gasteiger partial charge in [-0.15, -0.1) is 0 Å². The minimum atomic E-state index is -0.433. The lowest BCUT2D eigenvalue weighted by molar-refractivity contribution is -0.116. The van der Waals surface area contributed by atoms with E-state index in [-0.39, 0.29) is 30.4 Å². The summed E-state index contributed by atoms with van der Waals surface area (Å²) in [4.78, 5) is 25.1. The summed E-state index contributed by atoms with van der Waals surface area (Å²) in [5.41, 5.74) is 7.27. The molecule has 1 heterocycles. The number of pyridine rings is 1. The van der Waals surface area contributed by atoms with Crippen molar-refractivity contribution in [3.05, 3.63) is 58.6 Å². The van der Waals surface area contributed by atoms with Gasteiger partial charge in [0.2, 0.25) is 5.91 Å². The van der Waals surface area contributed by atoms with Crippen LogP contribution in [0.3, 0.4) is 0 Å². The highest BCUT2D eigenvalue weighted by atomic mass is 19.1. The van der Waals surface area contributed by atoms with E-state index < -0.39 is 5.82 Å². The number of methoxy groups -OCH3 is 1. The van der Waals surface area contributed by atoms with Crippen LogP contribution in [0.1, 0.15) is 19.8 Å². The number of anilines is 2. The van der Waals surface area contributed by atoms with Gasteiger partial charge in [-0.2, -0.15) is 0 Å². The summed E-state index contributed by atoms with van der Waals surface area (Å²) in [5, 5.41) is 3.67. The van der Waals surface area contributed by atoms with Gasteiger partial charge in [0.25, 0.3) is 5.56 Å². The molecular weight excluding hydrogens is 373 g/mol. The van der Waals surface area contributed by atoms with Crippen LogP contribution < -0.4 is 16.6 Å². The van der Waals surface area contributed by atoms with E-state index in [2.05, 4.69) is 5.32 Å². The maximum Gasteiger partial charge on any atom is 0.260 e. The van der Waals surface area contributed by atoms with E-state index in [0.717, 1.165) is 6.42 Å². The van der Waals surface area contributed by atoms with Crippen LogP contribution in [0.5, 0.6) is 0 Å². The third kappa shape index (κ3) is 4.14. The first-order valence-electron chi connectivity index (χ1n) is 9.47. The number of carbonyl (C=O) groups is 1. The molecule has 2 aromatic carbocycles. The van der Waals surface area contributed by atoms with E-state index >= 15 is 0 Å².